The van der Waals surface area contributed by atoms with Gasteiger partial charge >= 0.3 is 0 Å². The molecule has 0 aliphatic carbocycles. The third kappa shape index (κ3) is 9.99. The Morgan fingerprint density at radius 3 is 2.63 bits per heavy atom. The van der Waals surface area contributed by atoms with Crippen LogP contribution in [-0.2, 0) is 14.6 Å². The Hall–Kier alpha value is -4.20. The lowest BCUT2D eigenvalue weighted by Gasteiger charge is -2.19. The molecular weight excluding hydrogens is 692 g/mol. The zero-order valence-corrected chi connectivity index (χ0v) is 31.4. The van der Waals surface area contributed by atoms with Crippen molar-refractivity contribution in [3.8, 4) is 17.1 Å². The summed E-state index contributed by atoms with van der Waals surface area (Å²) < 4.78 is 43.5. The first-order chi connectivity index (χ1) is 24.4. The smallest absolute Gasteiger partial charge is 0.273 e. The standard InChI is InChI=1S/C37H47ClN6O6S/c1-23(2)49-33-19-25(5)27(32-21-31(44-50-32)36(45)39-16-10-12-26-11-8-9-17-48-18-15-26)20-30(33)42-37-40-22-28(38)35(43-37)41-29-13-6-7-14-34(29)51(46,47)24(3)4/h6-7,13-14,19-24,26H,8-12,15-18H2,1-5H3,(H,39,45)(H2,40,41,42,43). The summed E-state index contributed by atoms with van der Waals surface area (Å²) in [7, 11) is -3.59. The molecule has 2 aromatic carbocycles. The van der Waals surface area contributed by atoms with E-state index in [1.54, 1.807) is 44.2 Å². The summed E-state index contributed by atoms with van der Waals surface area (Å²) in [4.78, 5) is 22.0. The molecule has 3 N–H and O–H groups in total. The lowest BCUT2D eigenvalue weighted by atomic mass is 9.93. The van der Waals surface area contributed by atoms with E-state index in [-0.39, 0.29) is 39.4 Å². The van der Waals surface area contributed by atoms with Gasteiger partial charge < -0.3 is 29.9 Å². The number of aromatic nitrogens is 3. The fraction of sp³-hybridized carbons (Fsp3) is 0.459. The number of carbonyl (C=O) groups excluding carboxylic acids is 1. The van der Waals surface area contributed by atoms with Crippen molar-refractivity contribution in [1.82, 2.24) is 20.4 Å². The first kappa shape index (κ1) is 38.0. The van der Waals surface area contributed by atoms with Crippen LogP contribution in [0.5, 0.6) is 5.75 Å². The van der Waals surface area contributed by atoms with Gasteiger partial charge in [0, 0.05) is 31.4 Å². The number of hydrogen-bond acceptors (Lipinski definition) is 11. The molecule has 14 heteroatoms. The summed E-state index contributed by atoms with van der Waals surface area (Å²) >= 11 is 6.47. The molecule has 1 unspecified atom stereocenters. The molecule has 1 fully saturated rings. The average Bonchev–Trinajstić information content (AvgIpc) is 3.56. The number of para-hydroxylation sites is 1. The molecule has 1 atom stereocenters. The predicted molar refractivity (Wildman–Crippen MR) is 199 cm³/mol. The lowest BCUT2D eigenvalue weighted by molar-refractivity contribution is 0.0930. The van der Waals surface area contributed by atoms with E-state index in [0.29, 0.717) is 40.9 Å². The van der Waals surface area contributed by atoms with Crippen molar-refractivity contribution in [1.29, 1.82) is 0 Å². The number of anilines is 4. The number of benzene rings is 2. The van der Waals surface area contributed by atoms with Crippen LogP contribution in [0.4, 0.5) is 23.1 Å². The molecule has 1 saturated heterocycles. The van der Waals surface area contributed by atoms with Gasteiger partial charge in [-0.15, -0.1) is 0 Å². The normalized spacial score (nSPS) is 15.3. The summed E-state index contributed by atoms with van der Waals surface area (Å²) in [5.74, 6) is 1.68. The van der Waals surface area contributed by atoms with Crippen LogP contribution < -0.4 is 20.7 Å². The third-order valence-corrected chi connectivity index (χ3v) is 11.1. The minimum absolute atomic E-state index is 0.139. The number of amides is 1. The number of nitrogens with zero attached hydrogens (tertiary/aromatic N) is 3. The van der Waals surface area contributed by atoms with Crippen LogP contribution in [0.15, 0.2) is 58.1 Å². The first-order valence-corrected chi connectivity index (χ1v) is 19.4. The molecule has 1 aliphatic rings. The average molecular weight is 739 g/mol. The molecule has 1 aliphatic heterocycles. The first-order valence-electron chi connectivity index (χ1n) is 17.5. The topological polar surface area (TPSA) is 158 Å². The highest BCUT2D eigenvalue weighted by Crippen LogP contribution is 2.37. The Morgan fingerprint density at radius 2 is 1.84 bits per heavy atom. The van der Waals surface area contributed by atoms with Crippen LogP contribution in [0.3, 0.4) is 0 Å². The highest BCUT2D eigenvalue weighted by atomic mass is 35.5. The maximum Gasteiger partial charge on any atom is 0.273 e. The molecule has 0 spiro atoms. The molecule has 12 nitrogen and oxygen atoms in total. The van der Waals surface area contributed by atoms with Gasteiger partial charge in [0.1, 0.15) is 10.8 Å². The van der Waals surface area contributed by atoms with Gasteiger partial charge in [-0.05, 0) is 96.0 Å². The Morgan fingerprint density at radius 1 is 1.04 bits per heavy atom. The summed E-state index contributed by atoms with van der Waals surface area (Å²) in [5, 5.41) is 12.9. The van der Waals surface area contributed by atoms with Gasteiger partial charge in [-0.25, -0.2) is 13.4 Å². The number of rotatable bonds is 14. The highest BCUT2D eigenvalue weighted by molar-refractivity contribution is 7.92. The van der Waals surface area contributed by atoms with Gasteiger partial charge in [0.2, 0.25) is 5.95 Å². The number of hydrogen-bond donors (Lipinski definition) is 3. The number of carbonyl (C=O) groups is 1. The van der Waals surface area contributed by atoms with Crippen LogP contribution in [0.1, 0.15) is 82.3 Å². The molecule has 0 saturated carbocycles. The summed E-state index contributed by atoms with van der Waals surface area (Å²) in [5.41, 5.74) is 2.59. The van der Waals surface area contributed by atoms with E-state index >= 15 is 0 Å². The van der Waals surface area contributed by atoms with Gasteiger partial charge in [0.15, 0.2) is 27.1 Å². The van der Waals surface area contributed by atoms with E-state index in [0.717, 1.165) is 44.5 Å². The molecule has 1 amide bonds. The zero-order chi connectivity index (χ0) is 36.5. The fourth-order valence-electron chi connectivity index (χ4n) is 5.85. The van der Waals surface area contributed by atoms with Crippen molar-refractivity contribution in [2.24, 2.45) is 5.92 Å². The van der Waals surface area contributed by atoms with Crippen molar-refractivity contribution in [2.75, 3.05) is 30.4 Å². The lowest BCUT2D eigenvalue weighted by Crippen LogP contribution is -2.25. The molecule has 51 heavy (non-hydrogen) atoms. The highest BCUT2D eigenvalue weighted by Gasteiger charge is 2.24. The second-order valence-corrected chi connectivity index (χ2v) is 16.2. The van der Waals surface area contributed by atoms with Crippen molar-refractivity contribution in [2.45, 2.75) is 89.4 Å². The minimum Gasteiger partial charge on any atom is -0.489 e. The minimum atomic E-state index is -3.59. The van der Waals surface area contributed by atoms with E-state index in [4.69, 9.17) is 25.6 Å². The second kappa shape index (κ2) is 17.3. The molecule has 0 bridgehead atoms. The van der Waals surface area contributed by atoms with E-state index in [9.17, 15) is 13.2 Å². The van der Waals surface area contributed by atoms with Crippen LogP contribution >= 0.6 is 11.6 Å². The second-order valence-electron chi connectivity index (χ2n) is 13.3. The van der Waals surface area contributed by atoms with E-state index in [1.807, 2.05) is 32.9 Å². The maximum atomic E-state index is 13.0. The van der Waals surface area contributed by atoms with Crippen molar-refractivity contribution in [3.63, 3.8) is 0 Å². The number of halogens is 1. The summed E-state index contributed by atoms with van der Waals surface area (Å²) in [6.07, 6.45) is 7.80. The Bertz CT molecular complexity index is 1910. The molecule has 4 aromatic rings. The van der Waals surface area contributed by atoms with Crippen LogP contribution in [0, 0.1) is 12.8 Å². The number of nitrogens with one attached hydrogen (secondary N) is 3. The SMILES string of the molecule is Cc1cc(OC(C)C)c(Nc2ncc(Cl)c(Nc3ccccc3S(=O)(=O)C(C)C)n2)cc1-c1cc(C(=O)NCCCC2CCCCOCC2)no1. The number of sulfone groups is 1. The summed E-state index contributed by atoms with van der Waals surface area (Å²) in [6, 6.07) is 11.9. The van der Waals surface area contributed by atoms with Crippen molar-refractivity contribution in [3.05, 3.63) is 64.9 Å². The van der Waals surface area contributed by atoms with Crippen LogP contribution in [0.2, 0.25) is 5.02 Å². The Labute approximate surface area is 305 Å². The molecular formula is C37H47ClN6O6S. The predicted octanol–water partition coefficient (Wildman–Crippen LogP) is 8.27. The van der Waals surface area contributed by atoms with Crippen molar-refractivity contribution < 1.29 is 27.2 Å². The van der Waals surface area contributed by atoms with Gasteiger partial charge in [0.05, 0.1) is 33.8 Å². The van der Waals surface area contributed by atoms with Gasteiger partial charge in [-0.1, -0.05) is 41.7 Å². The Balaban J connectivity index is 1.33. The quantitative estimate of drug-likeness (QED) is 0.107. The fourth-order valence-corrected chi connectivity index (χ4v) is 7.19. The van der Waals surface area contributed by atoms with Crippen LogP contribution in [-0.4, -0.2) is 60.6 Å². The third-order valence-electron chi connectivity index (χ3n) is 8.65. The molecule has 5 rings (SSSR count). The van der Waals surface area contributed by atoms with Gasteiger partial charge in [0.25, 0.3) is 5.91 Å². The zero-order valence-electron chi connectivity index (χ0n) is 29.8. The van der Waals surface area contributed by atoms with E-state index in [1.165, 1.54) is 19.0 Å². The molecule has 3 heterocycles. The molecule has 274 valence electrons. The largest absolute Gasteiger partial charge is 0.489 e. The molecule has 2 aromatic heterocycles. The van der Waals surface area contributed by atoms with Crippen LogP contribution in [0.25, 0.3) is 11.3 Å². The Kier molecular flexibility index (Phi) is 12.9. The van der Waals surface area contributed by atoms with E-state index < -0.39 is 15.1 Å². The van der Waals surface area contributed by atoms with Crippen molar-refractivity contribution >= 4 is 50.5 Å². The maximum absolute atomic E-state index is 13.0. The van der Waals surface area contributed by atoms with Gasteiger partial charge in [-0.3, -0.25) is 4.79 Å². The van der Waals surface area contributed by atoms with E-state index in [2.05, 4.69) is 31.1 Å². The summed E-state index contributed by atoms with van der Waals surface area (Å²) in [6.45, 7) is 11.2. The molecule has 0 radical (unpaired) electrons. The monoisotopic (exact) mass is 738 g/mol. The van der Waals surface area contributed by atoms with Gasteiger partial charge in [-0.2, -0.15) is 4.98 Å². The number of ether oxygens (including phenoxy) is 2. The number of aryl methyl sites for hydroxylation is 1.